The van der Waals surface area contributed by atoms with E-state index in [2.05, 4.69) is 20.8 Å². The van der Waals surface area contributed by atoms with Gasteiger partial charge in [0.25, 0.3) is 0 Å². The van der Waals surface area contributed by atoms with Crippen molar-refractivity contribution in [3.05, 3.63) is 0 Å². The lowest BCUT2D eigenvalue weighted by Crippen LogP contribution is -2.54. The molecule has 1 heteroatoms. The van der Waals surface area contributed by atoms with Gasteiger partial charge in [0.2, 0.25) is 0 Å². The highest BCUT2D eigenvalue weighted by Gasteiger charge is 2.53. The van der Waals surface area contributed by atoms with Crippen LogP contribution in [0.5, 0.6) is 0 Å². The number of rotatable bonds is 0. The SMILES string of the molecule is CC1CC2C(C)CC3(O)CC(C)C(C1)C2C3. The highest BCUT2D eigenvalue weighted by molar-refractivity contribution is 5.04. The maximum atomic E-state index is 10.7. The average molecular weight is 222 g/mol. The summed E-state index contributed by atoms with van der Waals surface area (Å²) >= 11 is 0. The van der Waals surface area contributed by atoms with E-state index in [-0.39, 0.29) is 5.60 Å². The Bertz CT molecular complexity index is 263. The molecule has 3 fully saturated rings. The zero-order valence-corrected chi connectivity index (χ0v) is 10.9. The Kier molecular flexibility index (Phi) is 2.41. The van der Waals surface area contributed by atoms with Crippen molar-refractivity contribution >= 4 is 0 Å². The van der Waals surface area contributed by atoms with Gasteiger partial charge in [-0.15, -0.1) is 0 Å². The first-order chi connectivity index (χ1) is 7.48. The Morgan fingerprint density at radius 2 is 1.31 bits per heavy atom. The topological polar surface area (TPSA) is 20.2 Å². The van der Waals surface area contributed by atoms with Gasteiger partial charge in [0, 0.05) is 0 Å². The Balaban J connectivity index is 1.92. The monoisotopic (exact) mass is 222 g/mol. The van der Waals surface area contributed by atoms with E-state index in [1.807, 2.05) is 0 Å². The van der Waals surface area contributed by atoms with E-state index in [0.717, 1.165) is 54.8 Å². The maximum absolute atomic E-state index is 10.7. The molecule has 0 aliphatic heterocycles. The first-order valence-electron chi connectivity index (χ1n) is 7.21. The van der Waals surface area contributed by atoms with Crippen LogP contribution >= 0.6 is 0 Å². The van der Waals surface area contributed by atoms with Gasteiger partial charge in [-0.3, -0.25) is 0 Å². The third-order valence-electron chi connectivity index (χ3n) is 5.93. The highest BCUT2D eigenvalue weighted by Crippen LogP contribution is 2.58. The van der Waals surface area contributed by atoms with Gasteiger partial charge < -0.3 is 5.11 Å². The zero-order valence-electron chi connectivity index (χ0n) is 10.9. The molecule has 4 unspecified atom stereocenters. The van der Waals surface area contributed by atoms with E-state index in [1.165, 1.54) is 12.8 Å². The van der Waals surface area contributed by atoms with Gasteiger partial charge in [0.1, 0.15) is 0 Å². The summed E-state index contributed by atoms with van der Waals surface area (Å²) < 4.78 is 0. The number of fused-ring (bicyclic) bond motifs is 1. The maximum Gasteiger partial charge on any atom is 0.0656 e. The largest absolute Gasteiger partial charge is 0.390 e. The van der Waals surface area contributed by atoms with Gasteiger partial charge in [-0.25, -0.2) is 0 Å². The molecule has 0 spiro atoms. The molecule has 3 saturated carbocycles. The van der Waals surface area contributed by atoms with E-state index in [1.54, 1.807) is 0 Å². The summed E-state index contributed by atoms with van der Waals surface area (Å²) in [6.45, 7) is 7.20. The van der Waals surface area contributed by atoms with E-state index < -0.39 is 0 Å². The molecular weight excluding hydrogens is 196 g/mol. The zero-order chi connectivity index (χ0) is 11.5. The molecule has 0 heterocycles. The van der Waals surface area contributed by atoms with Crippen LogP contribution in [0, 0.1) is 35.5 Å². The Hall–Kier alpha value is -0.0400. The van der Waals surface area contributed by atoms with Crippen LogP contribution in [-0.4, -0.2) is 10.7 Å². The Labute approximate surface area is 99.6 Å². The molecule has 0 saturated heterocycles. The van der Waals surface area contributed by atoms with Gasteiger partial charge in [-0.2, -0.15) is 0 Å². The van der Waals surface area contributed by atoms with Crippen LogP contribution < -0.4 is 0 Å². The second-order valence-corrected chi connectivity index (χ2v) is 7.36. The van der Waals surface area contributed by atoms with Crippen molar-refractivity contribution in [3.63, 3.8) is 0 Å². The molecule has 1 N–H and O–H groups in total. The van der Waals surface area contributed by atoms with Crippen LogP contribution in [0.3, 0.4) is 0 Å². The average Bonchev–Trinajstić information content (AvgIpc) is 2.17. The molecule has 92 valence electrons. The van der Waals surface area contributed by atoms with E-state index in [9.17, 15) is 5.11 Å². The normalized spacial score (nSPS) is 60.8. The molecule has 3 aliphatic rings. The molecule has 0 aromatic heterocycles. The fourth-order valence-corrected chi connectivity index (χ4v) is 5.49. The lowest BCUT2D eigenvalue weighted by Gasteiger charge is -2.58. The molecule has 0 aromatic carbocycles. The van der Waals surface area contributed by atoms with E-state index in [0.29, 0.717) is 0 Å². The van der Waals surface area contributed by atoms with Crippen molar-refractivity contribution in [2.45, 2.75) is 58.5 Å². The number of aliphatic hydroxyl groups is 1. The molecule has 16 heavy (non-hydrogen) atoms. The molecule has 0 aromatic rings. The molecule has 0 amide bonds. The second kappa shape index (κ2) is 3.48. The van der Waals surface area contributed by atoms with E-state index in [4.69, 9.17) is 0 Å². The third-order valence-corrected chi connectivity index (χ3v) is 5.93. The van der Waals surface area contributed by atoms with E-state index >= 15 is 0 Å². The first kappa shape index (κ1) is 11.1. The van der Waals surface area contributed by atoms with Crippen LogP contribution in [0.1, 0.15) is 52.9 Å². The molecule has 1 nitrogen and oxygen atoms in total. The number of hydrogen-bond acceptors (Lipinski definition) is 1. The molecule has 0 radical (unpaired) electrons. The summed E-state index contributed by atoms with van der Waals surface area (Å²) in [6.07, 6.45) is 6.09. The third kappa shape index (κ3) is 1.54. The Morgan fingerprint density at radius 3 is 1.81 bits per heavy atom. The van der Waals surface area contributed by atoms with Crippen molar-refractivity contribution in [1.29, 1.82) is 0 Å². The van der Waals surface area contributed by atoms with Crippen LogP contribution in [0.4, 0.5) is 0 Å². The molecule has 3 aliphatic carbocycles. The Morgan fingerprint density at radius 1 is 0.812 bits per heavy atom. The first-order valence-corrected chi connectivity index (χ1v) is 7.21. The summed E-state index contributed by atoms with van der Waals surface area (Å²) in [5.41, 5.74) is -0.295. The molecular formula is C15H26O. The quantitative estimate of drug-likeness (QED) is 0.665. The summed E-state index contributed by atoms with van der Waals surface area (Å²) in [5, 5.41) is 10.7. The summed E-state index contributed by atoms with van der Waals surface area (Å²) in [6, 6.07) is 0. The lowest BCUT2D eigenvalue weighted by atomic mass is 9.49. The van der Waals surface area contributed by atoms with Gasteiger partial charge in [-0.05, 0) is 67.6 Å². The molecule has 3 rings (SSSR count). The van der Waals surface area contributed by atoms with Crippen LogP contribution in [0.2, 0.25) is 0 Å². The van der Waals surface area contributed by atoms with Crippen LogP contribution in [0.15, 0.2) is 0 Å². The standard InChI is InChI=1S/C15H26O/c1-9-4-12-10(2)6-15(16)7-11(3)13(5-9)14(12)8-15/h9-14,16H,4-8H2,1-3H3. The minimum atomic E-state index is -0.295. The van der Waals surface area contributed by atoms with Gasteiger partial charge >= 0.3 is 0 Å². The predicted octanol–water partition coefficient (Wildman–Crippen LogP) is 3.47. The molecule has 2 bridgehead atoms. The van der Waals surface area contributed by atoms with Gasteiger partial charge in [0.15, 0.2) is 0 Å². The fourth-order valence-electron chi connectivity index (χ4n) is 5.49. The summed E-state index contributed by atoms with van der Waals surface area (Å²) in [5.74, 6) is 5.09. The fraction of sp³-hybridized carbons (Fsp3) is 1.00. The van der Waals surface area contributed by atoms with Gasteiger partial charge in [0.05, 0.1) is 5.60 Å². The highest BCUT2D eigenvalue weighted by atomic mass is 16.3. The van der Waals surface area contributed by atoms with Crippen molar-refractivity contribution in [2.24, 2.45) is 35.5 Å². The smallest absolute Gasteiger partial charge is 0.0656 e. The predicted molar refractivity (Wildman–Crippen MR) is 66.0 cm³/mol. The van der Waals surface area contributed by atoms with Crippen LogP contribution in [-0.2, 0) is 0 Å². The minimum Gasteiger partial charge on any atom is -0.390 e. The summed E-state index contributed by atoms with van der Waals surface area (Å²) in [4.78, 5) is 0. The van der Waals surface area contributed by atoms with Crippen molar-refractivity contribution in [3.8, 4) is 0 Å². The minimum absolute atomic E-state index is 0.295. The van der Waals surface area contributed by atoms with Crippen molar-refractivity contribution in [2.75, 3.05) is 0 Å². The number of hydrogen-bond donors (Lipinski definition) is 1. The summed E-state index contributed by atoms with van der Waals surface area (Å²) in [7, 11) is 0. The van der Waals surface area contributed by atoms with Crippen molar-refractivity contribution in [1.82, 2.24) is 0 Å². The van der Waals surface area contributed by atoms with Crippen LogP contribution in [0.25, 0.3) is 0 Å². The second-order valence-electron chi connectivity index (χ2n) is 7.36. The van der Waals surface area contributed by atoms with Crippen molar-refractivity contribution < 1.29 is 5.11 Å². The lowest BCUT2D eigenvalue weighted by molar-refractivity contribution is -0.149. The van der Waals surface area contributed by atoms with Gasteiger partial charge in [-0.1, -0.05) is 20.8 Å². The molecule has 4 atom stereocenters.